The van der Waals surface area contributed by atoms with Crippen molar-refractivity contribution in [3.05, 3.63) is 46.1 Å². The quantitative estimate of drug-likeness (QED) is 0.572. The van der Waals surface area contributed by atoms with Crippen LogP contribution in [0.25, 0.3) is 6.08 Å². The number of nitro groups is 1. The molecule has 0 radical (unpaired) electrons. The van der Waals surface area contributed by atoms with Crippen LogP contribution in [0.5, 0.6) is 5.75 Å². The lowest BCUT2D eigenvalue weighted by Gasteiger charge is -2.03. The highest BCUT2D eigenvalue weighted by atomic mass is 19.3. The molecule has 0 aliphatic heterocycles. The van der Waals surface area contributed by atoms with Gasteiger partial charge in [-0.3, -0.25) is 10.1 Å². The van der Waals surface area contributed by atoms with Gasteiger partial charge in [0.1, 0.15) is 5.75 Å². The van der Waals surface area contributed by atoms with Crippen LogP contribution >= 0.6 is 0 Å². The molecule has 1 aromatic rings. The van der Waals surface area contributed by atoms with E-state index >= 15 is 0 Å². The predicted octanol–water partition coefficient (Wildman–Crippen LogP) is 2.54. The highest BCUT2D eigenvalue weighted by Gasteiger charge is 2.02. The number of nitrogens with zero attached hydrogens (tertiary/aromatic N) is 1. The predicted molar refractivity (Wildman–Crippen MR) is 49.1 cm³/mol. The minimum atomic E-state index is -2.87. The van der Waals surface area contributed by atoms with Crippen molar-refractivity contribution in [3.8, 4) is 5.75 Å². The van der Waals surface area contributed by atoms with Crippen molar-refractivity contribution in [1.82, 2.24) is 0 Å². The Bertz CT molecular complexity index is 362. The highest BCUT2D eigenvalue weighted by Crippen LogP contribution is 2.15. The van der Waals surface area contributed by atoms with E-state index in [1.165, 1.54) is 30.3 Å². The Morgan fingerprint density at radius 2 is 1.93 bits per heavy atom. The van der Waals surface area contributed by atoms with Crippen molar-refractivity contribution in [3.63, 3.8) is 0 Å². The normalized spacial score (nSPS) is 10.9. The van der Waals surface area contributed by atoms with E-state index in [2.05, 4.69) is 4.74 Å². The summed E-state index contributed by atoms with van der Waals surface area (Å²) < 4.78 is 27.6. The second kappa shape index (κ2) is 5.04. The first-order chi connectivity index (χ1) is 7.08. The van der Waals surface area contributed by atoms with Gasteiger partial charge >= 0.3 is 6.61 Å². The van der Waals surface area contributed by atoms with Gasteiger partial charge in [0.15, 0.2) is 0 Å². The molecule has 0 unspecified atom stereocenters. The summed E-state index contributed by atoms with van der Waals surface area (Å²) in [4.78, 5) is 9.37. The van der Waals surface area contributed by atoms with Gasteiger partial charge < -0.3 is 4.74 Å². The van der Waals surface area contributed by atoms with Crippen LogP contribution in [-0.4, -0.2) is 11.5 Å². The zero-order chi connectivity index (χ0) is 11.3. The fourth-order valence-corrected chi connectivity index (χ4v) is 0.907. The molecule has 6 heteroatoms. The number of rotatable bonds is 4. The maximum atomic E-state index is 11.7. The summed E-state index contributed by atoms with van der Waals surface area (Å²) in [6.45, 7) is -2.87. The molecule has 0 atom stereocenters. The van der Waals surface area contributed by atoms with E-state index in [9.17, 15) is 18.9 Å². The van der Waals surface area contributed by atoms with Gasteiger partial charge in [0.05, 0.1) is 4.92 Å². The number of ether oxygens (including phenoxy) is 1. The Labute approximate surface area is 83.9 Å². The molecule has 0 fully saturated rings. The van der Waals surface area contributed by atoms with Crippen molar-refractivity contribution in [2.45, 2.75) is 6.61 Å². The first-order valence-electron chi connectivity index (χ1n) is 3.94. The van der Waals surface area contributed by atoms with Crippen molar-refractivity contribution in [2.75, 3.05) is 0 Å². The standard InChI is InChI=1S/C9H7F2NO3/c10-9(11)15-8-3-1-7(2-4-8)5-6-12(13)14/h1-6,9H/b6-5+. The van der Waals surface area contributed by atoms with E-state index in [-0.39, 0.29) is 5.75 Å². The maximum Gasteiger partial charge on any atom is 0.387 e. The molecule has 0 spiro atoms. The summed E-state index contributed by atoms with van der Waals surface area (Å²) in [5.74, 6) is 0.0169. The molecule has 0 bridgehead atoms. The first kappa shape index (κ1) is 11.1. The van der Waals surface area contributed by atoms with E-state index in [4.69, 9.17) is 0 Å². The highest BCUT2D eigenvalue weighted by molar-refractivity contribution is 5.49. The van der Waals surface area contributed by atoms with Crippen LogP contribution in [0.2, 0.25) is 0 Å². The molecule has 0 saturated carbocycles. The third-order valence-corrected chi connectivity index (χ3v) is 1.49. The van der Waals surface area contributed by atoms with E-state index in [0.29, 0.717) is 5.56 Å². The van der Waals surface area contributed by atoms with Crippen LogP contribution < -0.4 is 4.74 Å². The topological polar surface area (TPSA) is 52.4 Å². The number of hydrogen-bond acceptors (Lipinski definition) is 3. The molecular formula is C9H7F2NO3. The van der Waals surface area contributed by atoms with Crippen molar-refractivity contribution in [2.24, 2.45) is 0 Å². The summed E-state index contributed by atoms with van der Waals surface area (Å²) >= 11 is 0. The van der Waals surface area contributed by atoms with Gasteiger partial charge in [-0.15, -0.1) is 0 Å². The van der Waals surface area contributed by atoms with Crippen LogP contribution in [0.1, 0.15) is 5.56 Å². The number of hydrogen-bond donors (Lipinski definition) is 0. The molecule has 0 heterocycles. The van der Waals surface area contributed by atoms with Crippen LogP contribution in [0.4, 0.5) is 8.78 Å². The number of halogens is 2. The maximum absolute atomic E-state index is 11.7. The fourth-order valence-electron chi connectivity index (χ4n) is 0.907. The molecule has 0 N–H and O–H groups in total. The SMILES string of the molecule is O=[N+]([O-])/C=C/c1ccc(OC(F)F)cc1. The average Bonchev–Trinajstić information content (AvgIpc) is 2.16. The average molecular weight is 215 g/mol. The van der Waals surface area contributed by atoms with Crippen molar-refractivity contribution >= 4 is 6.08 Å². The number of benzene rings is 1. The summed E-state index contributed by atoms with van der Waals surface area (Å²) in [5.41, 5.74) is 0.535. The minimum Gasteiger partial charge on any atom is -0.435 e. The summed E-state index contributed by atoms with van der Waals surface area (Å²) in [7, 11) is 0. The van der Waals surface area contributed by atoms with Crippen molar-refractivity contribution in [1.29, 1.82) is 0 Å². The van der Waals surface area contributed by atoms with Gasteiger partial charge in [0.25, 0.3) is 0 Å². The molecule has 1 rings (SSSR count). The van der Waals surface area contributed by atoms with Crippen LogP contribution in [0.15, 0.2) is 30.5 Å². The van der Waals surface area contributed by atoms with Crippen molar-refractivity contribution < 1.29 is 18.4 Å². The Hall–Kier alpha value is -1.98. The Morgan fingerprint density at radius 3 is 2.40 bits per heavy atom. The summed E-state index contributed by atoms with van der Waals surface area (Å²) in [6, 6.07) is 5.51. The van der Waals surface area contributed by atoms with Gasteiger partial charge in [0, 0.05) is 6.08 Å². The second-order valence-electron chi connectivity index (χ2n) is 2.55. The molecule has 15 heavy (non-hydrogen) atoms. The Balaban J connectivity index is 2.68. The zero-order valence-corrected chi connectivity index (χ0v) is 7.47. The van der Waals surface area contributed by atoms with E-state index in [1.54, 1.807) is 0 Å². The van der Waals surface area contributed by atoms with Crippen LogP contribution in [0.3, 0.4) is 0 Å². The van der Waals surface area contributed by atoms with E-state index in [1.807, 2.05) is 0 Å². The van der Waals surface area contributed by atoms with Gasteiger partial charge in [-0.05, 0) is 17.7 Å². The Kier molecular flexibility index (Phi) is 3.73. The molecule has 0 aromatic heterocycles. The fraction of sp³-hybridized carbons (Fsp3) is 0.111. The monoisotopic (exact) mass is 215 g/mol. The van der Waals surface area contributed by atoms with E-state index in [0.717, 1.165) is 6.20 Å². The number of alkyl halides is 2. The van der Waals surface area contributed by atoms with E-state index < -0.39 is 11.5 Å². The first-order valence-corrected chi connectivity index (χ1v) is 3.94. The van der Waals surface area contributed by atoms with Gasteiger partial charge in [0.2, 0.25) is 6.20 Å². The van der Waals surface area contributed by atoms with Gasteiger partial charge in [-0.2, -0.15) is 8.78 Å². The smallest absolute Gasteiger partial charge is 0.387 e. The lowest BCUT2D eigenvalue weighted by atomic mass is 10.2. The van der Waals surface area contributed by atoms with Crippen LogP contribution in [0, 0.1) is 10.1 Å². The largest absolute Gasteiger partial charge is 0.435 e. The lowest BCUT2D eigenvalue weighted by molar-refractivity contribution is -0.400. The molecule has 0 aliphatic carbocycles. The molecule has 0 saturated heterocycles. The molecule has 4 nitrogen and oxygen atoms in total. The third-order valence-electron chi connectivity index (χ3n) is 1.49. The second-order valence-corrected chi connectivity index (χ2v) is 2.55. The Morgan fingerprint density at radius 1 is 1.33 bits per heavy atom. The molecular weight excluding hydrogens is 208 g/mol. The third kappa shape index (κ3) is 4.17. The van der Waals surface area contributed by atoms with Crippen LogP contribution in [-0.2, 0) is 0 Å². The lowest BCUT2D eigenvalue weighted by Crippen LogP contribution is -2.01. The minimum absolute atomic E-state index is 0.0169. The molecule has 0 amide bonds. The van der Waals surface area contributed by atoms with Gasteiger partial charge in [-0.1, -0.05) is 12.1 Å². The zero-order valence-electron chi connectivity index (χ0n) is 7.47. The molecule has 80 valence electrons. The summed E-state index contributed by atoms with van der Waals surface area (Å²) in [5, 5.41) is 9.98. The van der Waals surface area contributed by atoms with Gasteiger partial charge in [-0.25, -0.2) is 0 Å². The summed E-state index contributed by atoms with van der Waals surface area (Å²) in [6.07, 6.45) is 2.02. The molecule has 0 aliphatic rings. The molecule has 1 aromatic carbocycles.